The summed E-state index contributed by atoms with van der Waals surface area (Å²) in [6.45, 7) is 0.0526. The van der Waals surface area contributed by atoms with Gasteiger partial charge in [0.15, 0.2) is 0 Å². The van der Waals surface area contributed by atoms with Gasteiger partial charge in [0.1, 0.15) is 13.2 Å². The van der Waals surface area contributed by atoms with Gasteiger partial charge in [-0.1, -0.05) is 30.3 Å². The van der Waals surface area contributed by atoms with Crippen LogP contribution < -0.4 is 0 Å². The van der Waals surface area contributed by atoms with Gasteiger partial charge in [0.25, 0.3) is 5.91 Å². The predicted octanol–water partition coefficient (Wildman–Crippen LogP) is 1.20. The number of carbonyl (C=O) groups excluding carboxylic acids is 2. The highest BCUT2D eigenvalue weighted by Gasteiger charge is 2.37. The van der Waals surface area contributed by atoms with Crippen LogP contribution in [0.1, 0.15) is 11.6 Å². The van der Waals surface area contributed by atoms with Gasteiger partial charge in [-0.15, -0.1) is 0 Å². The van der Waals surface area contributed by atoms with E-state index in [-0.39, 0.29) is 19.3 Å². The van der Waals surface area contributed by atoms with E-state index in [0.717, 1.165) is 10.6 Å². The maximum absolute atomic E-state index is 11.9. The van der Waals surface area contributed by atoms with E-state index in [1.807, 2.05) is 30.3 Å². The first kappa shape index (κ1) is 13.5. The van der Waals surface area contributed by atoms with Crippen LogP contribution in [0.15, 0.2) is 30.3 Å². The van der Waals surface area contributed by atoms with E-state index in [1.165, 1.54) is 7.11 Å². The molecule has 2 amide bonds. The highest BCUT2D eigenvalue weighted by Crippen LogP contribution is 2.25. The summed E-state index contributed by atoms with van der Waals surface area (Å²) in [4.78, 5) is 23.5. The standard InChI is InChI=1S/C13H16N2O4/c1-14-11(10-6-4-3-5-7-10)8-19-13(17)15(14)12(16)9-18-2/h3-7,11H,8-9H2,1-2H3. The summed E-state index contributed by atoms with van der Waals surface area (Å²) in [5, 5.41) is 2.56. The molecule has 1 atom stereocenters. The van der Waals surface area contributed by atoms with Crippen molar-refractivity contribution in [1.29, 1.82) is 0 Å². The molecule has 0 bridgehead atoms. The maximum Gasteiger partial charge on any atom is 0.431 e. The molecule has 0 aliphatic carbocycles. The number of nitrogens with zero attached hydrogens (tertiary/aromatic N) is 2. The zero-order valence-corrected chi connectivity index (χ0v) is 10.9. The minimum atomic E-state index is -0.670. The van der Waals surface area contributed by atoms with Crippen LogP contribution in [-0.4, -0.2) is 49.4 Å². The van der Waals surface area contributed by atoms with Gasteiger partial charge >= 0.3 is 6.09 Å². The largest absolute Gasteiger partial charge is 0.446 e. The van der Waals surface area contributed by atoms with Gasteiger partial charge in [-0.25, -0.2) is 9.80 Å². The number of likely N-dealkylation sites (N-methyl/N-ethyl adjacent to an activating group) is 1. The van der Waals surface area contributed by atoms with Crippen molar-refractivity contribution in [3.8, 4) is 0 Å². The Hall–Kier alpha value is -1.92. The number of hydrogen-bond donors (Lipinski definition) is 0. The monoisotopic (exact) mass is 264 g/mol. The molecule has 0 spiro atoms. The molecule has 0 aromatic heterocycles. The third-order valence-corrected chi connectivity index (χ3v) is 2.99. The second-order valence-electron chi connectivity index (χ2n) is 4.22. The second kappa shape index (κ2) is 5.81. The van der Waals surface area contributed by atoms with Crippen molar-refractivity contribution >= 4 is 12.0 Å². The van der Waals surface area contributed by atoms with E-state index in [1.54, 1.807) is 12.1 Å². The number of hydrazine groups is 1. The first-order valence-corrected chi connectivity index (χ1v) is 5.91. The van der Waals surface area contributed by atoms with Crippen LogP contribution in [0, 0.1) is 0 Å². The van der Waals surface area contributed by atoms with Crippen molar-refractivity contribution in [1.82, 2.24) is 10.0 Å². The van der Waals surface area contributed by atoms with E-state index in [4.69, 9.17) is 9.47 Å². The Kier molecular flexibility index (Phi) is 4.13. The summed E-state index contributed by atoms with van der Waals surface area (Å²) in [5.74, 6) is -0.448. The van der Waals surface area contributed by atoms with Crippen molar-refractivity contribution in [3.05, 3.63) is 35.9 Å². The summed E-state index contributed by atoms with van der Waals surface area (Å²) in [5.41, 5.74) is 0.979. The Labute approximate surface area is 111 Å². The van der Waals surface area contributed by atoms with Gasteiger partial charge in [0, 0.05) is 14.2 Å². The molecular weight excluding hydrogens is 248 g/mol. The number of hydrogen-bond acceptors (Lipinski definition) is 5. The molecule has 0 N–H and O–H groups in total. The van der Waals surface area contributed by atoms with Crippen LogP contribution in [0.5, 0.6) is 0 Å². The van der Waals surface area contributed by atoms with Gasteiger partial charge in [0.2, 0.25) is 0 Å². The number of amides is 2. The van der Waals surface area contributed by atoms with Crippen molar-refractivity contribution < 1.29 is 19.1 Å². The van der Waals surface area contributed by atoms with Crippen LogP contribution in [0.3, 0.4) is 0 Å². The predicted molar refractivity (Wildman–Crippen MR) is 67.0 cm³/mol. The molecule has 6 nitrogen and oxygen atoms in total. The number of cyclic esters (lactones) is 1. The molecule has 1 aromatic rings. The highest BCUT2D eigenvalue weighted by molar-refractivity contribution is 5.92. The molecule has 102 valence electrons. The molecule has 0 saturated carbocycles. The summed E-state index contributed by atoms with van der Waals surface area (Å²) < 4.78 is 9.83. The molecule has 1 aliphatic heterocycles. The van der Waals surface area contributed by atoms with E-state index in [0.29, 0.717) is 0 Å². The third kappa shape index (κ3) is 2.74. The molecule has 19 heavy (non-hydrogen) atoms. The molecule has 1 unspecified atom stereocenters. The number of benzene rings is 1. The first-order chi connectivity index (χ1) is 9.15. The summed E-state index contributed by atoms with van der Waals surface area (Å²) in [6.07, 6.45) is -0.670. The molecule has 1 fully saturated rings. The lowest BCUT2D eigenvalue weighted by atomic mass is 10.1. The molecule has 1 saturated heterocycles. The lowest BCUT2D eigenvalue weighted by molar-refractivity contribution is -0.159. The average Bonchev–Trinajstić information content (AvgIpc) is 2.40. The summed E-state index contributed by atoms with van der Waals surface area (Å²) >= 11 is 0. The SMILES string of the molecule is COCC(=O)N1C(=O)OCC(c2ccccc2)N1C. The fourth-order valence-corrected chi connectivity index (χ4v) is 2.04. The molecule has 1 aliphatic rings. The summed E-state index contributed by atoms with van der Waals surface area (Å²) in [7, 11) is 3.09. The van der Waals surface area contributed by atoms with Crippen LogP contribution >= 0.6 is 0 Å². The lowest BCUT2D eigenvalue weighted by Gasteiger charge is -2.39. The normalized spacial score (nSPS) is 20.2. The molecular formula is C13H16N2O4. The van der Waals surface area contributed by atoms with Crippen molar-refractivity contribution in [2.45, 2.75) is 6.04 Å². The number of methoxy groups -OCH3 is 1. The Balaban J connectivity index is 2.21. The zero-order chi connectivity index (χ0) is 13.8. The Morgan fingerprint density at radius 3 is 2.74 bits per heavy atom. The molecule has 0 radical (unpaired) electrons. The van der Waals surface area contributed by atoms with E-state index < -0.39 is 12.0 Å². The van der Waals surface area contributed by atoms with Gasteiger partial charge < -0.3 is 9.47 Å². The number of carbonyl (C=O) groups is 2. The van der Waals surface area contributed by atoms with Gasteiger partial charge in [0.05, 0.1) is 6.04 Å². The van der Waals surface area contributed by atoms with Crippen LogP contribution in [0.25, 0.3) is 0 Å². The molecule has 6 heteroatoms. The van der Waals surface area contributed by atoms with Crippen LogP contribution in [0.2, 0.25) is 0 Å². The van der Waals surface area contributed by atoms with Crippen LogP contribution in [0.4, 0.5) is 4.79 Å². The lowest BCUT2D eigenvalue weighted by Crippen LogP contribution is -2.55. The second-order valence-corrected chi connectivity index (χ2v) is 4.22. The molecule has 2 rings (SSSR count). The van der Waals surface area contributed by atoms with E-state index in [2.05, 4.69) is 0 Å². The zero-order valence-electron chi connectivity index (χ0n) is 10.9. The Morgan fingerprint density at radius 2 is 2.11 bits per heavy atom. The fourth-order valence-electron chi connectivity index (χ4n) is 2.04. The van der Waals surface area contributed by atoms with Crippen LogP contribution in [-0.2, 0) is 14.3 Å². The van der Waals surface area contributed by atoms with Crippen molar-refractivity contribution in [3.63, 3.8) is 0 Å². The minimum absolute atomic E-state index is 0.166. The van der Waals surface area contributed by atoms with E-state index in [9.17, 15) is 9.59 Å². The molecule has 1 aromatic carbocycles. The maximum atomic E-state index is 11.9. The first-order valence-electron chi connectivity index (χ1n) is 5.91. The minimum Gasteiger partial charge on any atom is -0.446 e. The fraction of sp³-hybridized carbons (Fsp3) is 0.385. The average molecular weight is 264 g/mol. The van der Waals surface area contributed by atoms with Gasteiger partial charge in [-0.05, 0) is 5.56 Å². The van der Waals surface area contributed by atoms with Gasteiger partial charge in [-0.3, -0.25) is 4.79 Å². The van der Waals surface area contributed by atoms with Gasteiger partial charge in [-0.2, -0.15) is 5.01 Å². The smallest absolute Gasteiger partial charge is 0.431 e. The highest BCUT2D eigenvalue weighted by atomic mass is 16.6. The quantitative estimate of drug-likeness (QED) is 0.821. The Bertz CT molecular complexity index is 463. The summed E-state index contributed by atoms with van der Waals surface area (Å²) in [6, 6.07) is 9.40. The Morgan fingerprint density at radius 1 is 1.42 bits per heavy atom. The third-order valence-electron chi connectivity index (χ3n) is 2.99. The number of imide groups is 1. The van der Waals surface area contributed by atoms with Crippen molar-refractivity contribution in [2.24, 2.45) is 0 Å². The molecule has 1 heterocycles. The number of rotatable bonds is 3. The van der Waals surface area contributed by atoms with Crippen molar-refractivity contribution in [2.75, 3.05) is 27.4 Å². The van der Waals surface area contributed by atoms with E-state index >= 15 is 0 Å². The number of ether oxygens (including phenoxy) is 2. The topological polar surface area (TPSA) is 59.1 Å².